The molecule has 0 aliphatic rings. The topological polar surface area (TPSA) is 66.4 Å². The van der Waals surface area contributed by atoms with Gasteiger partial charge in [-0.15, -0.1) is 0 Å². The summed E-state index contributed by atoms with van der Waals surface area (Å²) in [6.45, 7) is 3.11. The van der Waals surface area contributed by atoms with E-state index in [1.54, 1.807) is 13.0 Å². The molecule has 1 amide bonds. The summed E-state index contributed by atoms with van der Waals surface area (Å²) < 4.78 is 12.9. The van der Waals surface area contributed by atoms with E-state index in [9.17, 15) is 14.0 Å². The molecule has 0 radical (unpaired) electrons. The van der Waals surface area contributed by atoms with E-state index < -0.39 is 23.2 Å². The highest BCUT2D eigenvalue weighted by molar-refractivity contribution is 5.95. The van der Waals surface area contributed by atoms with E-state index in [0.717, 1.165) is 0 Å². The second-order valence-corrected chi connectivity index (χ2v) is 4.37. The van der Waals surface area contributed by atoms with Crippen LogP contribution in [0.2, 0.25) is 0 Å². The number of nitrogens with one attached hydrogen (secondary N) is 1. The molecule has 0 fully saturated rings. The molecule has 2 N–H and O–H groups in total. The Balaban J connectivity index is 2.73. The van der Waals surface area contributed by atoms with Gasteiger partial charge in [-0.25, -0.2) is 9.18 Å². The van der Waals surface area contributed by atoms with Crippen molar-refractivity contribution in [2.75, 3.05) is 0 Å². The van der Waals surface area contributed by atoms with E-state index >= 15 is 0 Å². The summed E-state index contributed by atoms with van der Waals surface area (Å²) in [4.78, 5) is 22.6. The Kier molecular flexibility index (Phi) is 4.80. The molecule has 1 aromatic carbocycles. The van der Waals surface area contributed by atoms with Crippen molar-refractivity contribution >= 4 is 18.0 Å². The van der Waals surface area contributed by atoms with Crippen LogP contribution in [0.5, 0.6) is 0 Å². The predicted molar refractivity (Wildman–Crippen MR) is 69.9 cm³/mol. The van der Waals surface area contributed by atoms with Gasteiger partial charge in [0.05, 0.1) is 0 Å². The normalized spacial score (nSPS) is 14.1. The zero-order valence-corrected chi connectivity index (χ0v) is 10.8. The maximum absolute atomic E-state index is 12.9. The molecule has 0 saturated carbocycles. The van der Waals surface area contributed by atoms with Crippen LogP contribution in [0.25, 0.3) is 6.08 Å². The summed E-state index contributed by atoms with van der Waals surface area (Å²) in [5, 5.41) is 11.4. The van der Waals surface area contributed by atoms with Gasteiger partial charge in [0.1, 0.15) is 11.4 Å². The lowest BCUT2D eigenvalue weighted by Gasteiger charge is -2.23. The first kappa shape index (κ1) is 14.9. The van der Waals surface area contributed by atoms with E-state index in [2.05, 4.69) is 5.32 Å². The lowest BCUT2D eigenvalue weighted by atomic mass is 9.99. The largest absolute Gasteiger partial charge is 0.480 e. The van der Waals surface area contributed by atoms with Gasteiger partial charge in [-0.05, 0) is 37.1 Å². The Morgan fingerprint density at radius 2 is 2.16 bits per heavy atom. The lowest BCUT2D eigenvalue weighted by molar-refractivity contribution is -0.146. The zero-order chi connectivity index (χ0) is 14.5. The van der Waals surface area contributed by atoms with Gasteiger partial charge in [0.15, 0.2) is 0 Å². The molecule has 0 spiro atoms. The molecular formula is C14H16FNO3. The fourth-order valence-electron chi connectivity index (χ4n) is 1.39. The number of rotatable bonds is 5. The van der Waals surface area contributed by atoms with E-state index in [1.165, 1.54) is 37.3 Å². The predicted octanol–water partition coefficient (Wildman–Crippen LogP) is 2.21. The van der Waals surface area contributed by atoms with Crippen molar-refractivity contribution in [2.45, 2.75) is 25.8 Å². The number of carbonyl (C=O) groups excluding carboxylic acids is 1. The van der Waals surface area contributed by atoms with Gasteiger partial charge in [-0.2, -0.15) is 0 Å². The summed E-state index contributed by atoms with van der Waals surface area (Å²) in [6, 6.07) is 5.75. The molecule has 0 aromatic heterocycles. The first-order chi connectivity index (χ1) is 8.87. The Morgan fingerprint density at radius 1 is 1.47 bits per heavy atom. The minimum absolute atomic E-state index is 0.266. The van der Waals surface area contributed by atoms with Crippen molar-refractivity contribution in [1.29, 1.82) is 0 Å². The molecule has 1 rings (SSSR count). The molecule has 1 aromatic rings. The number of hydrogen-bond donors (Lipinski definition) is 2. The van der Waals surface area contributed by atoms with Crippen LogP contribution in [0.4, 0.5) is 4.39 Å². The van der Waals surface area contributed by atoms with Crippen LogP contribution in [0.15, 0.2) is 30.3 Å². The van der Waals surface area contributed by atoms with Crippen molar-refractivity contribution in [2.24, 2.45) is 0 Å². The Bertz CT molecular complexity index is 513. The van der Waals surface area contributed by atoms with Crippen LogP contribution >= 0.6 is 0 Å². The Morgan fingerprint density at radius 3 is 2.68 bits per heavy atom. The van der Waals surface area contributed by atoms with Crippen LogP contribution in [-0.4, -0.2) is 22.5 Å². The molecule has 1 unspecified atom stereocenters. The highest BCUT2D eigenvalue weighted by Crippen LogP contribution is 2.10. The van der Waals surface area contributed by atoms with Crippen LogP contribution in [0.3, 0.4) is 0 Å². The third-order valence-electron chi connectivity index (χ3n) is 2.85. The van der Waals surface area contributed by atoms with Gasteiger partial charge in [0.25, 0.3) is 0 Å². The highest BCUT2D eigenvalue weighted by Gasteiger charge is 2.31. The van der Waals surface area contributed by atoms with E-state index in [4.69, 9.17) is 5.11 Å². The van der Waals surface area contributed by atoms with Gasteiger partial charge in [-0.3, -0.25) is 4.79 Å². The standard InChI is InChI=1S/C14H16FNO3/c1-3-14(2,13(18)19)16-12(17)8-7-10-5-4-6-11(15)9-10/h4-9H,3H2,1-2H3,(H,16,17)(H,18,19). The van der Waals surface area contributed by atoms with Gasteiger partial charge < -0.3 is 10.4 Å². The number of aliphatic carboxylic acids is 1. The number of carbonyl (C=O) groups is 2. The van der Waals surface area contributed by atoms with Crippen LogP contribution in [0, 0.1) is 5.82 Å². The minimum atomic E-state index is -1.30. The molecule has 0 aliphatic carbocycles. The number of benzene rings is 1. The van der Waals surface area contributed by atoms with Crippen molar-refractivity contribution in [3.05, 3.63) is 41.7 Å². The summed E-state index contributed by atoms with van der Waals surface area (Å²) in [5.74, 6) is -2.02. The number of hydrogen-bond acceptors (Lipinski definition) is 2. The summed E-state index contributed by atoms with van der Waals surface area (Å²) in [6.07, 6.45) is 2.88. The quantitative estimate of drug-likeness (QED) is 0.802. The molecule has 102 valence electrons. The lowest BCUT2D eigenvalue weighted by Crippen LogP contribution is -2.51. The molecule has 4 nitrogen and oxygen atoms in total. The van der Waals surface area contributed by atoms with Gasteiger partial charge in [0, 0.05) is 6.08 Å². The molecule has 0 aliphatic heterocycles. The van der Waals surface area contributed by atoms with E-state index in [1.807, 2.05) is 0 Å². The average Bonchev–Trinajstić information content (AvgIpc) is 2.36. The molecule has 0 bridgehead atoms. The van der Waals surface area contributed by atoms with Gasteiger partial charge in [-0.1, -0.05) is 19.1 Å². The SMILES string of the molecule is CCC(C)(NC(=O)C=Cc1cccc(F)c1)C(=O)O. The molecule has 1 atom stereocenters. The van der Waals surface area contributed by atoms with Gasteiger partial charge >= 0.3 is 5.97 Å². The molecular weight excluding hydrogens is 249 g/mol. The Labute approximate surface area is 110 Å². The maximum atomic E-state index is 12.9. The van der Waals surface area contributed by atoms with Crippen molar-refractivity contribution in [3.63, 3.8) is 0 Å². The summed E-state index contributed by atoms with van der Waals surface area (Å²) in [5.41, 5.74) is -0.771. The average molecular weight is 265 g/mol. The van der Waals surface area contributed by atoms with E-state index in [0.29, 0.717) is 5.56 Å². The van der Waals surface area contributed by atoms with Gasteiger partial charge in [0.2, 0.25) is 5.91 Å². The Hall–Kier alpha value is -2.17. The monoisotopic (exact) mass is 265 g/mol. The molecule has 0 saturated heterocycles. The molecule has 19 heavy (non-hydrogen) atoms. The summed E-state index contributed by atoms with van der Waals surface area (Å²) >= 11 is 0. The van der Waals surface area contributed by atoms with Crippen molar-refractivity contribution in [3.8, 4) is 0 Å². The number of carboxylic acid groups (broad SMARTS) is 1. The smallest absolute Gasteiger partial charge is 0.329 e. The second kappa shape index (κ2) is 6.13. The fraction of sp³-hybridized carbons (Fsp3) is 0.286. The highest BCUT2D eigenvalue weighted by atomic mass is 19.1. The van der Waals surface area contributed by atoms with E-state index in [-0.39, 0.29) is 6.42 Å². The zero-order valence-electron chi connectivity index (χ0n) is 10.8. The number of amides is 1. The molecule has 0 heterocycles. The number of halogens is 1. The van der Waals surface area contributed by atoms with Crippen molar-refractivity contribution < 1.29 is 19.1 Å². The second-order valence-electron chi connectivity index (χ2n) is 4.37. The third kappa shape index (κ3) is 4.21. The van der Waals surface area contributed by atoms with Crippen LogP contribution in [0.1, 0.15) is 25.8 Å². The maximum Gasteiger partial charge on any atom is 0.329 e. The van der Waals surface area contributed by atoms with Crippen LogP contribution in [-0.2, 0) is 9.59 Å². The first-order valence-electron chi connectivity index (χ1n) is 5.86. The fourth-order valence-corrected chi connectivity index (χ4v) is 1.39. The first-order valence-corrected chi connectivity index (χ1v) is 5.86. The summed E-state index contributed by atoms with van der Waals surface area (Å²) in [7, 11) is 0. The van der Waals surface area contributed by atoms with Crippen LogP contribution < -0.4 is 5.32 Å². The van der Waals surface area contributed by atoms with Crippen molar-refractivity contribution in [1.82, 2.24) is 5.32 Å². The molecule has 5 heteroatoms. The minimum Gasteiger partial charge on any atom is -0.480 e. The third-order valence-corrected chi connectivity index (χ3v) is 2.85. The number of carboxylic acids is 1.